The quantitative estimate of drug-likeness (QED) is 0.459. The van der Waals surface area contributed by atoms with E-state index < -0.39 is 0 Å². The van der Waals surface area contributed by atoms with Crippen LogP contribution in [0.5, 0.6) is 0 Å². The van der Waals surface area contributed by atoms with Crippen LogP contribution < -0.4 is 0 Å². The number of benzene rings is 2. The number of halogens is 1. The van der Waals surface area contributed by atoms with Crippen LogP contribution in [0, 0.1) is 6.92 Å². The zero-order chi connectivity index (χ0) is 13.7. The second-order valence-electron chi connectivity index (χ2n) is 4.84. The van der Waals surface area contributed by atoms with Crippen LogP contribution in [0.15, 0.2) is 53.1 Å². The molecular weight excluding hydrogens is 332 g/mol. The highest BCUT2D eigenvalue weighted by atomic mass is 79.9. The van der Waals surface area contributed by atoms with Gasteiger partial charge < -0.3 is 0 Å². The lowest BCUT2D eigenvalue weighted by Crippen LogP contribution is -1.86. The zero-order valence-electron chi connectivity index (χ0n) is 10.8. The molecule has 0 atom stereocenters. The summed E-state index contributed by atoms with van der Waals surface area (Å²) in [7, 11) is 0. The average molecular weight is 343 g/mol. The Morgan fingerprint density at radius 2 is 1.90 bits per heavy atom. The fourth-order valence-electron chi connectivity index (χ4n) is 2.45. The van der Waals surface area contributed by atoms with Crippen molar-refractivity contribution in [3.63, 3.8) is 0 Å². The summed E-state index contributed by atoms with van der Waals surface area (Å²) in [4.78, 5) is 5.60. The Morgan fingerprint density at radius 3 is 2.70 bits per heavy atom. The first kappa shape index (κ1) is 12.1. The summed E-state index contributed by atoms with van der Waals surface area (Å²) in [6.45, 7) is 2.12. The minimum atomic E-state index is 1.04. The van der Waals surface area contributed by atoms with Gasteiger partial charge >= 0.3 is 0 Å². The summed E-state index contributed by atoms with van der Waals surface area (Å²) in [5, 5.41) is 0. The largest absolute Gasteiger partial charge is 0.283 e. The Hall–Kier alpha value is -1.65. The smallest absolute Gasteiger partial charge is 0.195 e. The van der Waals surface area contributed by atoms with Crippen molar-refractivity contribution in [3.8, 4) is 11.3 Å². The van der Waals surface area contributed by atoms with Crippen molar-refractivity contribution >= 4 is 42.4 Å². The lowest BCUT2D eigenvalue weighted by molar-refractivity contribution is 1.29. The van der Waals surface area contributed by atoms with Gasteiger partial charge in [0.2, 0.25) is 0 Å². The molecule has 0 fully saturated rings. The highest BCUT2D eigenvalue weighted by Gasteiger charge is 2.12. The minimum absolute atomic E-state index is 1.04. The lowest BCUT2D eigenvalue weighted by atomic mass is 10.1. The molecule has 2 nitrogen and oxygen atoms in total. The van der Waals surface area contributed by atoms with Gasteiger partial charge in [-0.1, -0.05) is 45.5 Å². The Bertz CT molecular complexity index is 919. The second-order valence-corrected chi connectivity index (χ2v) is 6.77. The molecule has 0 aliphatic rings. The highest BCUT2D eigenvalue weighted by Crippen LogP contribution is 2.32. The van der Waals surface area contributed by atoms with Crippen LogP contribution in [0.1, 0.15) is 5.56 Å². The van der Waals surface area contributed by atoms with Crippen molar-refractivity contribution < 1.29 is 0 Å². The summed E-state index contributed by atoms with van der Waals surface area (Å²) in [6.07, 6.45) is 1.96. The molecule has 0 aliphatic carbocycles. The van der Waals surface area contributed by atoms with E-state index in [1.54, 1.807) is 11.3 Å². The van der Waals surface area contributed by atoms with E-state index in [4.69, 9.17) is 0 Å². The van der Waals surface area contributed by atoms with Crippen molar-refractivity contribution in [2.45, 2.75) is 6.92 Å². The third-order valence-electron chi connectivity index (χ3n) is 3.43. The van der Waals surface area contributed by atoms with Crippen LogP contribution in [-0.4, -0.2) is 9.38 Å². The molecule has 0 saturated carbocycles. The number of hydrogen-bond acceptors (Lipinski definition) is 2. The van der Waals surface area contributed by atoms with E-state index in [0.29, 0.717) is 0 Å². The maximum Gasteiger partial charge on any atom is 0.195 e. The summed E-state index contributed by atoms with van der Waals surface area (Å²) in [5.41, 5.74) is 4.83. The van der Waals surface area contributed by atoms with Gasteiger partial charge in [-0.2, -0.15) is 0 Å². The summed E-state index contributed by atoms with van der Waals surface area (Å²) in [6, 6.07) is 14.9. The van der Waals surface area contributed by atoms with Gasteiger partial charge in [-0.3, -0.25) is 4.40 Å². The van der Waals surface area contributed by atoms with E-state index in [-0.39, 0.29) is 0 Å². The lowest BCUT2D eigenvalue weighted by Gasteiger charge is -2.02. The molecule has 98 valence electrons. The first-order valence-electron chi connectivity index (χ1n) is 6.35. The van der Waals surface area contributed by atoms with Gasteiger partial charge in [0.15, 0.2) is 4.96 Å². The van der Waals surface area contributed by atoms with Crippen LogP contribution in [0.4, 0.5) is 0 Å². The first-order valence-corrected chi connectivity index (χ1v) is 7.96. The number of rotatable bonds is 1. The number of nitrogens with zero attached hydrogens (tertiary/aromatic N) is 2. The number of imidazole rings is 1. The van der Waals surface area contributed by atoms with Gasteiger partial charge in [0, 0.05) is 10.0 Å². The van der Waals surface area contributed by atoms with Gasteiger partial charge in [0.25, 0.3) is 0 Å². The maximum atomic E-state index is 4.55. The van der Waals surface area contributed by atoms with Crippen molar-refractivity contribution in [1.82, 2.24) is 9.38 Å². The van der Waals surface area contributed by atoms with E-state index in [1.807, 2.05) is 6.20 Å². The van der Waals surface area contributed by atoms with Crippen LogP contribution in [0.25, 0.3) is 26.4 Å². The van der Waals surface area contributed by atoms with Crippen LogP contribution >= 0.6 is 27.3 Å². The molecular formula is C16H11BrN2S. The number of hydrogen-bond donors (Lipinski definition) is 0. The molecule has 0 unspecified atom stereocenters. The number of aryl methyl sites for hydroxylation is 1. The van der Waals surface area contributed by atoms with Crippen molar-refractivity contribution in [2.75, 3.05) is 0 Å². The molecule has 0 amide bonds. The highest BCUT2D eigenvalue weighted by molar-refractivity contribution is 9.10. The molecule has 0 saturated heterocycles. The van der Waals surface area contributed by atoms with E-state index in [2.05, 4.69) is 74.7 Å². The molecule has 4 heteroatoms. The Labute approximate surface area is 128 Å². The Morgan fingerprint density at radius 1 is 1.10 bits per heavy atom. The maximum absolute atomic E-state index is 4.55. The van der Waals surface area contributed by atoms with E-state index in [9.17, 15) is 0 Å². The van der Waals surface area contributed by atoms with Gasteiger partial charge in [0.05, 0.1) is 22.1 Å². The third-order valence-corrected chi connectivity index (χ3v) is 4.99. The molecule has 4 rings (SSSR count). The molecule has 0 bridgehead atoms. The molecule has 2 aromatic heterocycles. The Kier molecular flexibility index (Phi) is 2.69. The molecule has 0 aliphatic heterocycles. The van der Waals surface area contributed by atoms with Gasteiger partial charge in [0.1, 0.15) is 0 Å². The molecule has 20 heavy (non-hydrogen) atoms. The third kappa shape index (κ3) is 1.79. The molecule has 0 spiro atoms. The fraction of sp³-hybridized carbons (Fsp3) is 0.0625. The Balaban J connectivity index is 2.06. The predicted octanol–water partition coefficient (Wildman–Crippen LogP) is 5.29. The van der Waals surface area contributed by atoms with Crippen molar-refractivity contribution in [3.05, 3.63) is 58.7 Å². The zero-order valence-corrected chi connectivity index (χ0v) is 13.2. The van der Waals surface area contributed by atoms with Gasteiger partial charge in [-0.05, 0) is 36.8 Å². The molecule has 2 aromatic carbocycles. The van der Waals surface area contributed by atoms with E-state index in [0.717, 1.165) is 15.1 Å². The predicted molar refractivity (Wildman–Crippen MR) is 88.4 cm³/mol. The number of thiazole rings is 1. The van der Waals surface area contributed by atoms with Crippen LogP contribution in [-0.2, 0) is 0 Å². The van der Waals surface area contributed by atoms with Crippen LogP contribution in [0.3, 0.4) is 0 Å². The topological polar surface area (TPSA) is 17.3 Å². The monoisotopic (exact) mass is 342 g/mol. The molecule has 4 aromatic rings. The average Bonchev–Trinajstić information content (AvgIpc) is 2.99. The second kappa shape index (κ2) is 4.43. The standard InChI is InChI=1S/C16H11BrN2S/c1-10-2-7-15-13(8-10)19-14(9-18-16(19)20-15)11-3-5-12(17)6-4-11/h2-9H,1H3. The molecule has 0 N–H and O–H groups in total. The first-order chi connectivity index (χ1) is 9.72. The van der Waals surface area contributed by atoms with Crippen molar-refractivity contribution in [2.24, 2.45) is 0 Å². The van der Waals surface area contributed by atoms with Crippen molar-refractivity contribution in [1.29, 1.82) is 0 Å². The number of aromatic nitrogens is 2. The van der Waals surface area contributed by atoms with E-state index >= 15 is 0 Å². The molecule has 0 radical (unpaired) electrons. The normalized spacial score (nSPS) is 11.5. The minimum Gasteiger partial charge on any atom is -0.283 e. The van der Waals surface area contributed by atoms with Gasteiger partial charge in [-0.15, -0.1) is 0 Å². The fourth-order valence-corrected chi connectivity index (χ4v) is 3.70. The van der Waals surface area contributed by atoms with E-state index in [1.165, 1.54) is 21.3 Å². The number of fused-ring (bicyclic) bond motifs is 3. The SMILES string of the molecule is Cc1ccc2sc3ncc(-c4ccc(Br)cc4)n3c2c1. The molecule has 2 heterocycles. The summed E-state index contributed by atoms with van der Waals surface area (Å²) in [5.74, 6) is 0. The summed E-state index contributed by atoms with van der Waals surface area (Å²) < 4.78 is 4.61. The summed E-state index contributed by atoms with van der Waals surface area (Å²) >= 11 is 5.21. The van der Waals surface area contributed by atoms with Crippen LogP contribution in [0.2, 0.25) is 0 Å². The van der Waals surface area contributed by atoms with Gasteiger partial charge in [-0.25, -0.2) is 4.98 Å².